The number of aromatic nitrogens is 4. The molecule has 2 aromatic heterocycles. The maximum Gasteiger partial charge on any atom is 0.262 e. The first-order valence-corrected chi connectivity index (χ1v) is 9.83. The summed E-state index contributed by atoms with van der Waals surface area (Å²) < 4.78 is 19.9. The van der Waals surface area contributed by atoms with Gasteiger partial charge >= 0.3 is 0 Å². The van der Waals surface area contributed by atoms with E-state index in [1.54, 1.807) is 42.1 Å². The third-order valence-corrected chi connectivity index (χ3v) is 5.06. The molecule has 30 heavy (non-hydrogen) atoms. The third-order valence-electron chi connectivity index (χ3n) is 4.18. The predicted octanol–water partition coefficient (Wildman–Crippen LogP) is 2.99. The highest BCUT2D eigenvalue weighted by atomic mass is 32.2. The smallest absolute Gasteiger partial charge is 0.262 e. The summed E-state index contributed by atoms with van der Waals surface area (Å²) in [4.78, 5) is 31.6. The van der Waals surface area contributed by atoms with E-state index in [0.29, 0.717) is 28.2 Å². The molecular weight excluding hydrogens is 409 g/mol. The van der Waals surface area contributed by atoms with Crippen LogP contribution >= 0.6 is 11.8 Å². The number of anilines is 1. The second-order valence-corrected chi connectivity index (χ2v) is 7.17. The molecule has 0 bridgehead atoms. The molecule has 0 unspecified atom stereocenters. The molecule has 0 fully saturated rings. The van der Waals surface area contributed by atoms with Crippen LogP contribution in [0.4, 0.5) is 10.1 Å². The molecule has 0 aliphatic rings. The number of halogens is 1. The van der Waals surface area contributed by atoms with E-state index in [9.17, 15) is 14.0 Å². The Morgan fingerprint density at radius 3 is 2.80 bits per heavy atom. The number of nitrogens with zero attached hydrogens (tertiary/aromatic N) is 3. The van der Waals surface area contributed by atoms with Crippen molar-refractivity contribution in [3.8, 4) is 11.4 Å². The average Bonchev–Trinajstić information content (AvgIpc) is 3.17. The monoisotopic (exact) mass is 425 g/mol. The maximum absolute atomic E-state index is 13.2. The number of rotatable bonds is 6. The standard InChI is InChI=1S/C20H16FN5O3S/c1-29-15-7-5-14(6-8-15)26-18-16(10-22-26)19(28)25-20(24-18)30-11-17(27)23-13-4-2-3-12(21)9-13/h2-10H,11H2,1H3,(H,23,27)(H,24,25,28). The van der Waals surface area contributed by atoms with Gasteiger partial charge in [-0.15, -0.1) is 0 Å². The van der Waals surface area contributed by atoms with E-state index in [1.165, 1.54) is 24.4 Å². The summed E-state index contributed by atoms with van der Waals surface area (Å²) in [5, 5.41) is 7.46. The fraction of sp³-hybridized carbons (Fsp3) is 0.100. The van der Waals surface area contributed by atoms with Gasteiger partial charge in [-0.2, -0.15) is 5.10 Å². The highest BCUT2D eigenvalue weighted by Crippen LogP contribution is 2.20. The van der Waals surface area contributed by atoms with Crippen LogP contribution in [0.3, 0.4) is 0 Å². The Morgan fingerprint density at radius 2 is 2.07 bits per heavy atom. The molecule has 4 aromatic rings. The number of aromatic amines is 1. The maximum atomic E-state index is 13.2. The lowest BCUT2D eigenvalue weighted by atomic mass is 10.3. The average molecular weight is 425 g/mol. The Hall–Kier alpha value is -3.66. The largest absolute Gasteiger partial charge is 0.497 e. The fourth-order valence-electron chi connectivity index (χ4n) is 2.78. The van der Waals surface area contributed by atoms with Crippen LogP contribution in [0.15, 0.2) is 64.7 Å². The molecule has 2 N–H and O–H groups in total. The third kappa shape index (κ3) is 4.18. The summed E-state index contributed by atoms with van der Waals surface area (Å²) in [7, 11) is 1.58. The number of ether oxygens (including phenoxy) is 1. The van der Waals surface area contributed by atoms with E-state index >= 15 is 0 Å². The van der Waals surface area contributed by atoms with Crippen molar-refractivity contribution in [3.63, 3.8) is 0 Å². The van der Waals surface area contributed by atoms with Crippen LogP contribution in [0.1, 0.15) is 0 Å². The minimum Gasteiger partial charge on any atom is -0.497 e. The van der Waals surface area contributed by atoms with Gasteiger partial charge in [0.15, 0.2) is 10.8 Å². The summed E-state index contributed by atoms with van der Waals surface area (Å²) >= 11 is 1.06. The van der Waals surface area contributed by atoms with Crippen molar-refractivity contribution in [1.82, 2.24) is 19.7 Å². The zero-order chi connectivity index (χ0) is 21.1. The second-order valence-electron chi connectivity index (χ2n) is 6.21. The highest BCUT2D eigenvalue weighted by Gasteiger charge is 2.13. The zero-order valence-corrected chi connectivity index (χ0v) is 16.6. The second kappa shape index (κ2) is 8.37. The molecule has 1 amide bonds. The van der Waals surface area contributed by atoms with Gasteiger partial charge in [0.05, 0.1) is 24.7 Å². The van der Waals surface area contributed by atoms with Crippen LogP contribution in [-0.2, 0) is 4.79 Å². The Bertz CT molecular complexity index is 1270. The molecule has 10 heteroatoms. The number of hydrogen-bond acceptors (Lipinski definition) is 6. The summed E-state index contributed by atoms with van der Waals surface area (Å²) in [6, 6.07) is 12.8. The number of fused-ring (bicyclic) bond motifs is 1. The molecule has 8 nitrogen and oxygen atoms in total. The number of H-pyrrole nitrogens is 1. The van der Waals surface area contributed by atoms with Crippen LogP contribution in [0.2, 0.25) is 0 Å². The highest BCUT2D eigenvalue weighted by molar-refractivity contribution is 7.99. The minimum atomic E-state index is -0.441. The molecule has 4 rings (SSSR count). The summed E-state index contributed by atoms with van der Waals surface area (Å²) in [6.45, 7) is 0. The molecule has 0 aliphatic carbocycles. The van der Waals surface area contributed by atoms with Crippen LogP contribution in [0.5, 0.6) is 5.75 Å². The number of carbonyl (C=O) groups is 1. The number of nitrogens with one attached hydrogen (secondary N) is 2. The zero-order valence-electron chi connectivity index (χ0n) is 15.8. The van der Waals surface area contributed by atoms with Gasteiger partial charge in [0.2, 0.25) is 5.91 Å². The van der Waals surface area contributed by atoms with E-state index < -0.39 is 5.82 Å². The molecular formula is C20H16FN5O3S. The lowest BCUT2D eigenvalue weighted by molar-refractivity contribution is -0.113. The van der Waals surface area contributed by atoms with Gasteiger partial charge in [0, 0.05) is 5.69 Å². The van der Waals surface area contributed by atoms with Crippen molar-refractivity contribution in [2.45, 2.75) is 5.16 Å². The van der Waals surface area contributed by atoms with Gasteiger partial charge in [-0.05, 0) is 42.5 Å². The number of benzene rings is 2. The molecule has 2 aromatic carbocycles. The number of amides is 1. The van der Waals surface area contributed by atoms with E-state index in [0.717, 1.165) is 11.8 Å². The van der Waals surface area contributed by atoms with Gasteiger partial charge in [0.25, 0.3) is 5.56 Å². The van der Waals surface area contributed by atoms with Crippen molar-refractivity contribution in [2.24, 2.45) is 0 Å². The molecule has 2 heterocycles. The molecule has 0 saturated carbocycles. The summed E-state index contributed by atoms with van der Waals surface area (Å²) in [5.74, 6) is -0.107. The van der Waals surface area contributed by atoms with E-state index in [-0.39, 0.29) is 22.4 Å². The first-order valence-electron chi connectivity index (χ1n) is 8.84. The first kappa shape index (κ1) is 19.6. The molecule has 0 spiro atoms. The number of carbonyl (C=O) groups excluding carboxylic acids is 1. The molecule has 0 atom stereocenters. The fourth-order valence-corrected chi connectivity index (χ4v) is 3.43. The van der Waals surface area contributed by atoms with Crippen molar-refractivity contribution < 1.29 is 13.9 Å². The lowest BCUT2D eigenvalue weighted by Crippen LogP contribution is -2.15. The Balaban J connectivity index is 1.54. The SMILES string of the molecule is COc1ccc(-n2ncc3c(=O)[nH]c(SCC(=O)Nc4cccc(F)c4)nc32)cc1. The topological polar surface area (TPSA) is 102 Å². The molecule has 152 valence electrons. The summed E-state index contributed by atoms with van der Waals surface area (Å²) in [6.07, 6.45) is 1.44. The quantitative estimate of drug-likeness (QED) is 0.364. The minimum absolute atomic E-state index is 0.0123. The first-order chi connectivity index (χ1) is 14.5. The van der Waals surface area contributed by atoms with Crippen molar-refractivity contribution >= 4 is 34.4 Å². The van der Waals surface area contributed by atoms with Gasteiger partial charge in [-0.1, -0.05) is 17.8 Å². The van der Waals surface area contributed by atoms with Crippen molar-refractivity contribution in [3.05, 3.63) is 70.9 Å². The van der Waals surface area contributed by atoms with Crippen LogP contribution < -0.4 is 15.6 Å². The molecule has 0 radical (unpaired) electrons. The predicted molar refractivity (Wildman–Crippen MR) is 112 cm³/mol. The van der Waals surface area contributed by atoms with Gasteiger partial charge in [0.1, 0.15) is 17.0 Å². The van der Waals surface area contributed by atoms with Crippen molar-refractivity contribution in [1.29, 1.82) is 0 Å². The van der Waals surface area contributed by atoms with Crippen LogP contribution in [-0.4, -0.2) is 38.5 Å². The Kier molecular flexibility index (Phi) is 5.48. The lowest BCUT2D eigenvalue weighted by Gasteiger charge is -2.06. The molecule has 0 saturated heterocycles. The van der Waals surface area contributed by atoms with Gasteiger partial charge in [-0.3, -0.25) is 9.59 Å². The van der Waals surface area contributed by atoms with Crippen LogP contribution in [0.25, 0.3) is 16.7 Å². The van der Waals surface area contributed by atoms with Crippen molar-refractivity contribution in [2.75, 3.05) is 18.2 Å². The Morgan fingerprint density at radius 1 is 1.27 bits per heavy atom. The van der Waals surface area contributed by atoms with Crippen LogP contribution in [0, 0.1) is 5.82 Å². The molecule has 0 aliphatic heterocycles. The number of hydrogen-bond donors (Lipinski definition) is 2. The Labute approximate surface area is 174 Å². The summed E-state index contributed by atoms with van der Waals surface area (Å²) in [5.41, 5.74) is 1.09. The normalized spacial score (nSPS) is 10.9. The number of methoxy groups -OCH3 is 1. The van der Waals surface area contributed by atoms with Gasteiger partial charge in [-0.25, -0.2) is 14.1 Å². The van der Waals surface area contributed by atoms with Gasteiger partial charge < -0.3 is 15.0 Å². The number of thioether (sulfide) groups is 1. The van der Waals surface area contributed by atoms with E-state index in [2.05, 4.69) is 20.4 Å². The van der Waals surface area contributed by atoms with E-state index in [4.69, 9.17) is 4.74 Å². The van der Waals surface area contributed by atoms with E-state index in [1.807, 2.05) is 0 Å².